The molecule has 0 aliphatic rings. The van der Waals surface area contributed by atoms with Crippen molar-refractivity contribution in [3.8, 4) is 5.40 Å². The molecule has 0 unspecified atom stereocenters. The molecule has 80 valence electrons. The average molecular weight is 231 g/mol. The van der Waals surface area contributed by atoms with Gasteiger partial charge >= 0.3 is 0 Å². The molecular weight excluding hydrogens is 214 g/mol. The topological polar surface area (TPSA) is 61.8 Å². The van der Waals surface area contributed by atoms with E-state index >= 15 is 0 Å². The van der Waals surface area contributed by atoms with Crippen LogP contribution in [0, 0.1) is 10.7 Å². The van der Waals surface area contributed by atoms with Crippen LogP contribution in [0.2, 0.25) is 0 Å². The van der Waals surface area contributed by atoms with Crippen molar-refractivity contribution < 1.29 is 0 Å². The van der Waals surface area contributed by atoms with Gasteiger partial charge in [-0.15, -0.1) is 0 Å². The number of thiocyanates is 1. The lowest BCUT2D eigenvalue weighted by molar-refractivity contribution is 0.627. The molecule has 0 rings (SSSR count). The third-order valence-corrected chi connectivity index (χ3v) is 2.55. The summed E-state index contributed by atoms with van der Waals surface area (Å²) in [6.45, 7) is 0.877. The van der Waals surface area contributed by atoms with E-state index in [1.165, 1.54) is 31.0 Å². The Balaban J connectivity index is 2.93. The number of thioether (sulfide) groups is 1. The molecule has 0 amide bonds. The van der Waals surface area contributed by atoms with Crippen molar-refractivity contribution in [3.05, 3.63) is 0 Å². The quantitative estimate of drug-likeness (QED) is 0.380. The van der Waals surface area contributed by atoms with Gasteiger partial charge in [-0.05, 0) is 36.8 Å². The summed E-state index contributed by atoms with van der Waals surface area (Å²) >= 11 is 6.02. The highest BCUT2D eigenvalue weighted by atomic mass is 32.2. The number of nitrogens with zero attached hydrogens (tertiary/aromatic N) is 1. The highest BCUT2D eigenvalue weighted by Gasteiger charge is 1.91. The second-order valence-corrected chi connectivity index (χ2v) is 4.32. The summed E-state index contributed by atoms with van der Waals surface area (Å²) in [5.74, 6) is 0.960. The molecule has 0 bridgehead atoms. The first-order valence-electron chi connectivity index (χ1n) is 4.81. The molecule has 0 aromatic rings. The van der Waals surface area contributed by atoms with Gasteiger partial charge in [0.15, 0.2) is 5.11 Å². The highest BCUT2D eigenvalue weighted by Crippen LogP contribution is 2.06. The van der Waals surface area contributed by atoms with Crippen LogP contribution in [0.4, 0.5) is 0 Å². The lowest BCUT2D eigenvalue weighted by atomic mass is 10.1. The monoisotopic (exact) mass is 231 g/mol. The number of rotatable bonds is 8. The summed E-state index contributed by atoms with van der Waals surface area (Å²) in [5, 5.41) is 13.6. The van der Waals surface area contributed by atoms with E-state index in [0.717, 1.165) is 25.1 Å². The lowest BCUT2D eigenvalue weighted by Crippen LogP contribution is -2.29. The van der Waals surface area contributed by atoms with Gasteiger partial charge in [-0.1, -0.05) is 19.3 Å². The molecule has 14 heavy (non-hydrogen) atoms. The predicted octanol–water partition coefficient (Wildman–Crippen LogP) is 1.98. The number of nitrogens with one attached hydrogen (secondary N) is 1. The SMILES string of the molecule is N#CSCCCCCCCNC(N)=S. The first-order chi connectivity index (χ1) is 6.77. The number of hydrogen-bond acceptors (Lipinski definition) is 3. The number of unbranched alkanes of at least 4 members (excludes halogenated alkanes) is 4. The van der Waals surface area contributed by atoms with Crippen LogP contribution in [-0.4, -0.2) is 17.4 Å². The molecule has 0 heterocycles. The summed E-state index contributed by atoms with van der Waals surface area (Å²) in [4.78, 5) is 0. The Morgan fingerprint density at radius 3 is 2.57 bits per heavy atom. The molecule has 0 aromatic heterocycles. The molecule has 0 saturated carbocycles. The van der Waals surface area contributed by atoms with Crippen LogP contribution in [0.5, 0.6) is 0 Å². The number of nitriles is 1. The smallest absolute Gasteiger partial charge is 0.163 e. The van der Waals surface area contributed by atoms with Crippen LogP contribution >= 0.6 is 24.0 Å². The van der Waals surface area contributed by atoms with Crippen LogP contribution in [0.1, 0.15) is 32.1 Å². The molecular formula is C9H17N3S2. The normalized spacial score (nSPS) is 9.36. The predicted molar refractivity (Wildman–Crippen MR) is 65.9 cm³/mol. The van der Waals surface area contributed by atoms with Gasteiger partial charge in [0.25, 0.3) is 0 Å². The summed E-state index contributed by atoms with van der Waals surface area (Å²) in [6, 6.07) is 0. The first kappa shape index (κ1) is 13.5. The molecule has 0 radical (unpaired) electrons. The Hall–Kier alpha value is -0.470. The molecule has 0 aromatic carbocycles. The van der Waals surface area contributed by atoms with E-state index in [-0.39, 0.29) is 0 Å². The zero-order chi connectivity index (χ0) is 10.6. The summed E-state index contributed by atoms with van der Waals surface area (Å²) < 4.78 is 0. The minimum absolute atomic E-state index is 0.385. The van der Waals surface area contributed by atoms with Crippen LogP contribution in [0.15, 0.2) is 0 Å². The van der Waals surface area contributed by atoms with Crippen molar-refractivity contribution in [1.82, 2.24) is 5.32 Å². The van der Waals surface area contributed by atoms with Crippen LogP contribution in [-0.2, 0) is 0 Å². The van der Waals surface area contributed by atoms with Crippen molar-refractivity contribution in [1.29, 1.82) is 5.26 Å². The standard InChI is InChI=1S/C9H17N3S2/c10-8-14-7-5-3-1-2-4-6-12-9(11)13/h1-7H2,(H3,11,12,13). The van der Waals surface area contributed by atoms with Crippen molar-refractivity contribution in [2.45, 2.75) is 32.1 Å². The first-order valence-corrected chi connectivity index (χ1v) is 6.21. The summed E-state index contributed by atoms with van der Waals surface area (Å²) in [6.07, 6.45) is 5.89. The molecule has 0 aliphatic heterocycles. The minimum Gasteiger partial charge on any atom is -0.376 e. The fourth-order valence-corrected chi connectivity index (χ4v) is 1.63. The third kappa shape index (κ3) is 11.5. The summed E-state index contributed by atoms with van der Waals surface area (Å²) in [7, 11) is 0. The van der Waals surface area contributed by atoms with Crippen molar-refractivity contribution in [2.24, 2.45) is 5.73 Å². The second-order valence-electron chi connectivity index (χ2n) is 3.00. The van der Waals surface area contributed by atoms with Gasteiger partial charge in [0, 0.05) is 12.3 Å². The fraction of sp³-hybridized carbons (Fsp3) is 0.778. The molecule has 3 N–H and O–H groups in total. The lowest BCUT2D eigenvalue weighted by Gasteiger charge is -2.02. The molecule has 0 fully saturated rings. The Morgan fingerprint density at radius 1 is 1.29 bits per heavy atom. The van der Waals surface area contributed by atoms with E-state index in [9.17, 15) is 0 Å². The molecule has 0 spiro atoms. The van der Waals surface area contributed by atoms with E-state index in [0.29, 0.717) is 5.11 Å². The zero-order valence-electron chi connectivity index (χ0n) is 8.29. The molecule has 5 heteroatoms. The van der Waals surface area contributed by atoms with Crippen LogP contribution < -0.4 is 11.1 Å². The van der Waals surface area contributed by atoms with E-state index in [1.54, 1.807) is 0 Å². The average Bonchev–Trinajstić information content (AvgIpc) is 2.15. The van der Waals surface area contributed by atoms with Crippen LogP contribution in [0.25, 0.3) is 0 Å². The van der Waals surface area contributed by atoms with E-state index in [1.807, 2.05) is 0 Å². The fourth-order valence-electron chi connectivity index (χ4n) is 1.09. The Morgan fingerprint density at radius 2 is 1.93 bits per heavy atom. The third-order valence-electron chi connectivity index (χ3n) is 1.79. The van der Waals surface area contributed by atoms with Gasteiger partial charge in [0.2, 0.25) is 0 Å². The van der Waals surface area contributed by atoms with Crippen molar-refractivity contribution in [2.75, 3.05) is 12.3 Å². The number of hydrogen-bond donors (Lipinski definition) is 2. The Labute approximate surface area is 95.4 Å². The highest BCUT2D eigenvalue weighted by molar-refractivity contribution is 8.03. The molecule has 0 saturated heterocycles. The molecule has 0 atom stereocenters. The van der Waals surface area contributed by atoms with E-state index in [2.05, 4.69) is 22.9 Å². The van der Waals surface area contributed by atoms with Crippen molar-refractivity contribution >= 4 is 29.1 Å². The molecule has 3 nitrogen and oxygen atoms in total. The van der Waals surface area contributed by atoms with Crippen molar-refractivity contribution in [3.63, 3.8) is 0 Å². The van der Waals surface area contributed by atoms with Gasteiger partial charge in [-0.2, -0.15) is 5.26 Å². The Bertz CT molecular complexity index is 189. The van der Waals surface area contributed by atoms with Gasteiger partial charge in [-0.3, -0.25) is 0 Å². The number of nitrogens with two attached hydrogens (primary N) is 1. The number of thiocarbonyl (C=S) groups is 1. The van der Waals surface area contributed by atoms with E-state index in [4.69, 9.17) is 11.0 Å². The second kappa shape index (κ2) is 10.6. The largest absolute Gasteiger partial charge is 0.376 e. The molecule has 0 aliphatic carbocycles. The Kier molecular flexibility index (Phi) is 10.3. The zero-order valence-corrected chi connectivity index (χ0v) is 9.92. The van der Waals surface area contributed by atoms with Gasteiger partial charge in [0.1, 0.15) is 5.40 Å². The van der Waals surface area contributed by atoms with Crippen LogP contribution in [0.3, 0.4) is 0 Å². The maximum atomic E-state index is 8.27. The van der Waals surface area contributed by atoms with Gasteiger partial charge in [0.05, 0.1) is 0 Å². The maximum Gasteiger partial charge on any atom is 0.163 e. The minimum atomic E-state index is 0.385. The van der Waals surface area contributed by atoms with E-state index < -0.39 is 0 Å². The maximum absolute atomic E-state index is 8.27. The summed E-state index contributed by atoms with van der Waals surface area (Å²) in [5.41, 5.74) is 5.28. The van der Waals surface area contributed by atoms with Gasteiger partial charge < -0.3 is 11.1 Å². The van der Waals surface area contributed by atoms with Gasteiger partial charge in [-0.25, -0.2) is 0 Å².